The Morgan fingerprint density at radius 1 is 0.933 bits per heavy atom. The van der Waals surface area contributed by atoms with Crippen molar-refractivity contribution in [3.05, 3.63) is 0 Å². The molecule has 0 aliphatic heterocycles. The third-order valence-corrected chi connectivity index (χ3v) is 2.21. The molecule has 0 aromatic rings. The van der Waals surface area contributed by atoms with Crippen molar-refractivity contribution >= 4 is 0 Å². The van der Waals surface area contributed by atoms with Crippen LogP contribution in [-0.4, -0.2) is 32.6 Å². The molecule has 0 aromatic heterocycles. The van der Waals surface area contributed by atoms with Gasteiger partial charge in [0.25, 0.3) is 0 Å². The standard InChI is InChI=1S/C12H27NO2/c1-4-7-10-13-11-8-9-12(14-5-2)15-6-3/h12-13H,4-11H2,1-3H3. The third-order valence-electron chi connectivity index (χ3n) is 2.21. The van der Waals surface area contributed by atoms with Gasteiger partial charge >= 0.3 is 0 Å². The lowest BCUT2D eigenvalue weighted by molar-refractivity contribution is -0.139. The highest BCUT2D eigenvalue weighted by molar-refractivity contribution is 4.51. The van der Waals surface area contributed by atoms with Crippen LogP contribution in [0, 0.1) is 0 Å². The zero-order valence-electron chi connectivity index (χ0n) is 10.6. The summed E-state index contributed by atoms with van der Waals surface area (Å²) in [5, 5.41) is 3.41. The van der Waals surface area contributed by atoms with Gasteiger partial charge in [-0.05, 0) is 46.2 Å². The summed E-state index contributed by atoms with van der Waals surface area (Å²) in [5.74, 6) is 0. The molecule has 0 bridgehead atoms. The van der Waals surface area contributed by atoms with Gasteiger partial charge in [-0.3, -0.25) is 0 Å². The van der Waals surface area contributed by atoms with E-state index in [1.165, 1.54) is 12.8 Å². The van der Waals surface area contributed by atoms with E-state index in [1.807, 2.05) is 13.8 Å². The lowest BCUT2D eigenvalue weighted by Crippen LogP contribution is -2.21. The van der Waals surface area contributed by atoms with Gasteiger partial charge in [0.05, 0.1) is 0 Å². The van der Waals surface area contributed by atoms with E-state index < -0.39 is 0 Å². The molecule has 0 unspecified atom stereocenters. The summed E-state index contributed by atoms with van der Waals surface area (Å²) in [5.41, 5.74) is 0. The van der Waals surface area contributed by atoms with Crippen molar-refractivity contribution in [2.24, 2.45) is 0 Å². The summed E-state index contributed by atoms with van der Waals surface area (Å²) in [7, 11) is 0. The molecule has 0 fully saturated rings. The Labute approximate surface area is 94.5 Å². The second kappa shape index (κ2) is 12.0. The highest BCUT2D eigenvalue weighted by atomic mass is 16.7. The Morgan fingerprint density at radius 2 is 1.53 bits per heavy atom. The minimum atomic E-state index is -0.00650. The van der Waals surface area contributed by atoms with Crippen LogP contribution in [0.15, 0.2) is 0 Å². The van der Waals surface area contributed by atoms with Crippen molar-refractivity contribution < 1.29 is 9.47 Å². The van der Waals surface area contributed by atoms with E-state index in [-0.39, 0.29) is 6.29 Å². The Bertz CT molecular complexity index is 114. The van der Waals surface area contributed by atoms with Crippen LogP contribution in [0.1, 0.15) is 46.5 Å². The second-order valence-corrected chi connectivity index (χ2v) is 3.59. The highest BCUT2D eigenvalue weighted by Gasteiger charge is 2.06. The number of hydrogen-bond acceptors (Lipinski definition) is 3. The molecule has 0 heterocycles. The Kier molecular flexibility index (Phi) is 11.9. The molecule has 92 valence electrons. The van der Waals surface area contributed by atoms with Crippen LogP contribution in [-0.2, 0) is 9.47 Å². The molecular weight excluding hydrogens is 190 g/mol. The molecule has 0 rings (SSSR count). The maximum absolute atomic E-state index is 5.46. The SMILES string of the molecule is CCCCNCCCC(OCC)OCC. The van der Waals surface area contributed by atoms with Crippen LogP contribution in [0.2, 0.25) is 0 Å². The first-order chi connectivity index (χ1) is 7.35. The van der Waals surface area contributed by atoms with E-state index in [2.05, 4.69) is 12.2 Å². The predicted molar refractivity (Wildman–Crippen MR) is 64.1 cm³/mol. The molecule has 0 radical (unpaired) electrons. The molecule has 0 aromatic carbocycles. The topological polar surface area (TPSA) is 30.5 Å². The number of rotatable bonds is 11. The summed E-state index contributed by atoms with van der Waals surface area (Å²) in [6.07, 6.45) is 4.62. The van der Waals surface area contributed by atoms with Crippen molar-refractivity contribution in [2.75, 3.05) is 26.3 Å². The molecule has 0 atom stereocenters. The quantitative estimate of drug-likeness (QED) is 0.426. The summed E-state index contributed by atoms with van der Waals surface area (Å²) >= 11 is 0. The first-order valence-corrected chi connectivity index (χ1v) is 6.29. The molecule has 3 heteroatoms. The fraction of sp³-hybridized carbons (Fsp3) is 1.00. The van der Waals surface area contributed by atoms with Crippen molar-refractivity contribution in [1.82, 2.24) is 5.32 Å². The molecule has 0 spiro atoms. The van der Waals surface area contributed by atoms with Gasteiger partial charge in [-0.15, -0.1) is 0 Å². The number of hydrogen-bond donors (Lipinski definition) is 1. The van der Waals surface area contributed by atoms with Gasteiger partial charge in [0.1, 0.15) is 0 Å². The van der Waals surface area contributed by atoms with Gasteiger partial charge in [-0.25, -0.2) is 0 Å². The van der Waals surface area contributed by atoms with Crippen LogP contribution in [0.25, 0.3) is 0 Å². The zero-order valence-corrected chi connectivity index (χ0v) is 10.6. The van der Waals surface area contributed by atoms with Crippen LogP contribution >= 0.6 is 0 Å². The molecular formula is C12H27NO2. The highest BCUT2D eigenvalue weighted by Crippen LogP contribution is 2.03. The van der Waals surface area contributed by atoms with Gasteiger partial charge in [-0.2, -0.15) is 0 Å². The smallest absolute Gasteiger partial charge is 0.157 e. The average molecular weight is 217 g/mol. The monoisotopic (exact) mass is 217 g/mol. The minimum absolute atomic E-state index is 0.00650. The van der Waals surface area contributed by atoms with Gasteiger partial charge in [0.15, 0.2) is 6.29 Å². The number of ether oxygens (including phenoxy) is 2. The fourth-order valence-corrected chi connectivity index (χ4v) is 1.41. The molecule has 0 aliphatic rings. The van der Waals surface area contributed by atoms with Crippen molar-refractivity contribution in [1.29, 1.82) is 0 Å². The normalized spacial score (nSPS) is 11.2. The van der Waals surface area contributed by atoms with E-state index in [9.17, 15) is 0 Å². The Balaban J connectivity index is 3.28. The van der Waals surface area contributed by atoms with Gasteiger partial charge in [0, 0.05) is 13.2 Å². The van der Waals surface area contributed by atoms with E-state index in [0.717, 1.165) is 39.1 Å². The second-order valence-electron chi connectivity index (χ2n) is 3.59. The summed E-state index contributed by atoms with van der Waals surface area (Å²) < 4.78 is 10.9. The number of nitrogens with one attached hydrogen (secondary N) is 1. The summed E-state index contributed by atoms with van der Waals surface area (Å²) in [6.45, 7) is 9.88. The minimum Gasteiger partial charge on any atom is -0.353 e. The summed E-state index contributed by atoms with van der Waals surface area (Å²) in [4.78, 5) is 0. The van der Waals surface area contributed by atoms with Crippen molar-refractivity contribution in [3.63, 3.8) is 0 Å². The van der Waals surface area contributed by atoms with Crippen molar-refractivity contribution in [3.8, 4) is 0 Å². The average Bonchev–Trinajstić information content (AvgIpc) is 2.24. The first-order valence-electron chi connectivity index (χ1n) is 6.29. The maximum Gasteiger partial charge on any atom is 0.157 e. The molecule has 3 nitrogen and oxygen atoms in total. The Morgan fingerprint density at radius 3 is 2.07 bits per heavy atom. The maximum atomic E-state index is 5.46. The van der Waals surface area contributed by atoms with E-state index in [1.54, 1.807) is 0 Å². The van der Waals surface area contributed by atoms with Crippen LogP contribution in [0.3, 0.4) is 0 Å². The largest absolute Gasteiger partial charge is 0.353 e. The lowest BCUT2D eigenvalue weighted by atomic mass is 10.3. The van der Waals surface area contributed by atoms with Crippen LogP contribution in [0.4, 0.5) is 0 Å². The Hall–Kier alpha value is -0.120. The van der Waals surface area contributed by atoms with E-state index in [4.69, 9.17) is 9.47 Å². The van der Waals surface area contributed by atoms with Gasteiger partial charge in [-0.1, -0.05) is 13.3 Å². The third kappa shape index (κ3) is 10.2. The first kappa shape index (κ1) is 14.9. The molecule has 0 saturated heterocycles. The molecule has 15 heavy (non-hydrogen) atoms. The van der Waals surface area contributed by atoms with E-state index in [0.29, 0.717) is 0 Å². The molecule has 1 N–H and O–H groups in total. The predicted octanol–water partition coefficient (Wildman–Crippen LogP) is 2.56. The van der Waals surface area contributed by atoms with Gasteiger partial charge < -0.3 is 14.8 Å². The molecule has 0 saturated carbocycles. The summed E-state index contributed by atoms with van der Waals surface area (Å²) in [6, 6.07) is 0. The number of unbranched alkanes of at least 4 members (excludes halogenated alkanes) is 1. The lowest BCUT2D eigenvalue weighted by Gasteiger charge is -2.16. The van der Waals surface area contributed by atoms with E-state index >= 15 is 0 Å². The van der Waals surface area contributed by atoms with Crippen LogP contribution in [0.5, 0.6) is 0 Å². The molecule has 0 amide bonds. The van der Waals surface area contributed by atoms with Crippen LogP contribution < -0.4 is 5.32 Å². The van der Waals surface area contributed by atoms with Crippen molar-refractivity contribution in [2.45, 2.75) is 52.7 Å². The zero-order chi connectivity index (χ0) is 11.4. The molecule has 0 aliphatic carbocycles. The fourth-order valence-electron chi connectivity index (χ4n) is 1.41. The van der Waals surface area contributed by atoms with Gasteiger partial charge in [0.2, 0.25) is 0 Å².